The van der Waals surface area contributed by atoms with Crippen LogP contribution in [0.5, 0.6) is 0 Å². The first kappa shape index (κ1) is 20.5. The molecule has 30 heavy (non-hydrogen) atoms. The SMILES string of the molecule is Cn1nnc(-c2nnc(SCCCN3C[C@@H]4CC4(c4ccc(Br)cc4)C3)n2C)c1Cl. The average Bonchev–Trinajstić information content (AvgIpc) is 2.98. The van der Waals surface area contributed by atoms with E-state index in [9.17, 15) is 0 Å². The molecular weight excluding hydrogens is 486 g/mol. The van der Waals surface area contributed by atoms with Crippen molar-refractivity contribution in [2.75, 3.05) is 25.4 Å². The monoisotopic (exact) mass is 507 g/mol. The number of likely N-dealkylation sites (tertiary alicyclic amines) is 1. The Hall–Kier alpha value is -1.42. The van der Waals surface area contributed by atoms with E-state index in [1.807, 2.05) is 11.6 Å². The molecule has 0 N–H and O–H groups in total. The fraction of sp³-hybridized carbons (Fsp3) is 0.500. The maximum absolute atomic E-state index is 6.24. The minimum atomic E-state index is 0.405. The molecule has 3 heterocycles. The van der Waals surface area contributed by atoms with E-state index in [2.05, 4.69) is 65.6 Å². The van der Waals surface area contributed by atoms with E-state index in [-0.39, 0.29) is 0 Å². The molecule has 0 amide bonds. The van der Waals surface area contributed by atoms with Gasteiger partial charge < -0.3 is 9.47 Å². The van der Waals surface area contributed by atoms with E-state index in [1.54, 1.807) is 18.8 Å². The van der Waals surface area contributed by atoms with Gasteiger partial charge in [0, 0.05) is 42.8 Å². The normalized spacial score (nSPS) is 23.1. The first-order valence-electron chi connectivity index (χ1n) is 10.0. The smallest absolute Gasteiger partial charge is 0.191 e. The summed E-state index contributed by atoms with van der Waals surface area (Å²) in [5.41, 5.74) is 2.47. The Morgan fingerprint density at radius 2 is 2.00 bits per heavy atom. The highest BCUT2D eigenvalue weighted by Crippen LogP contribution is 2.59. The summed E-state index contributed by atoms with van der Waals surface area (Å²) in [6, 6.07) is 8.92. The number of aryl methyl sites for hydroxylation is 1. The Bertz CT molecular complexity index is 1070. The lowest BCUT2D eigenvalue weighted by Gasteiger charge is -2.21. The molecule has 5 rings (SSSR count). The highest BCUT2D eigenvalue weighted by molar-refractivity contribution is 9.10. The van der Waals surface area contributed by atoms with Crippen LogP contribution in [-0.4, -0.2) is 60.0 Å². The average molecular weight is 509 g/mol. The van der Waals surface area contributed by atoms with Crippen LogP contribution in [0.2, 0.25) is 5.15 Å². The van der Waals surface area contributed by atoms with E-state index in [4.69, 9.17) is 11.6 Å². The summed E-state index contributed by atoms with van der Waals surface area (Å²) in [5, 5.41) is 18.0. The molecule has 2 aromatic heterocycles. The number of fused-ring (bicyclic) bond motifs is 1. The van der Waals surface area contributed by atoms with Crippen LogP contribution in [0.15, 0.2) is 33.9 Å². The van der Waals surface area contributed by atoms with Gasteiger partial charge in [-0.1, -0.05) is 56.6 Å². The lowest BCUT2D eigenvalue weighted by atomic mass is 9.95. The second kappa shape index (κ2) is 7.93. The first-order chi connectivity index (χ1) is 14.5. The van der Waals surface area contributed by atoms with E-state index in [0.29, 0.717) is 22.1 Å². The van der Waals surface area contributed by atoms with Crippen LogP contribution in [0.25, 0.3) is 11.5 Å². The predicted molar refractivity (Wildman–Crippen MR) is 122 cm³/mol. The molecule has 1 aliphatic carbocycles. The van der Waals surface area contributed by atoms with Gasteiger partial charge in [0.2, 0.25) is 0 Å². The lowest BCUT2D eigenvalue weighted by Crippen LogP contribution is -2.27. The van der Waals surface area contributed by atoms with Gasteiger partial charge in [0.1, 0.15) is 0 Å². The van der Waals surface area contributed by atoms with Gasteiger partial charge >= 0.3 is 0 Å². The molecule has 3 aromatic rings. The Balaban J connectivity index is 1.13. The van der Waals surface area contributed by atoms with Crippen LogP contribution in [-0.2, 0) is 19.5 Å². The molecule has 7 nitrogen and oxygen atoms in total. The second-order valence-electron chi connectivity index (χ2n) is 8.22. The topological polar surface area (TPSA) is 64.7 Å². The van der Waals surface area contributed by atoms with Gasteiger partial charge in [-0.15, -0.1) is 15.3 Å². The molecule has 2 atom stereocenters. The molecule has 0 bridgehead atoms. The van der Waals surface area contributed by atoms with Crippen molar-refractivity contribution in [3.63, 3.8) is 0 Å². The molecule has 10 heteroatoms. The van der Waals surface area contributed by atoms with E-state index < -0.39 is 0 Å². The molecular formula is C20H23BrClN7S. The van der Waals surface area contributed by atoms with Crippen molar-refractivity contribution < 1.29 is 0 Å². The molecule has 1 aliphatic heterocycles. The molecule has 1 unspecified atom stereocenters. The number of halogens is 2. The van der Waals surface area contributed by atoms with Crippen molar-refractivity contribution >= 4 is 39.3 Å². The third-order valence-electron chi connectivity index (χ3n) is 6.29. The molecule has 0 radical (unpaired) electrons. The number of hydrogen-bond donors (Lipinski definition) is 0. The number of thioether (sulfide) groups is 1. The number of piperidine rings is 1. The van der Waals surface area contributed by atoms with Crippen molar-refractivity contribution in [3.05, 3.63) is 39.5 Å². The van der Waals surface area contributed by atoms with Gasteiger partial charge in [0.05, 0.1) is 0 Å². The molecule has 0 spiro atoms. The lowest BCUT2D eigenvalue weighted by molar-refractivity contribution is 0.299. The van der Waals surface area contributed by atoms with E-state index in [1.165, 1.54) is 29.8 Å². The highest BCUT2D eigenvalue weighted by Gasteiger charge is 2.60. The molecule has 2 aliphatic rings. The van der Waals surface area contributed by atoms with Gasteiger partial charge in [-0.2, -0.15) is 0 Å². The predicted octanol–water partition coefficient (Wildman–Crippen LogP) is 3.78. The molecule has 1 saturated carbocycles. The number of nitrogens with zero attached hydrogens (tertiary/aromatic N) is 7. The van der Waals surface area contributed by atoms with Crippen LogP contribution in [0.1, 0.15) is 18.4 Å². The zero-order valence-electron chi connectivity index (χ0n) is 16.9. The van der Waals surface area contributed by atoms with Crippen LogP contribution in [0.4, 0.5) is 0 Å². The zero-order valence-corrected chi connectivity index (χ0v) is 20.1. The summed E-state index contributed by atoms with van der Waals surface area (Å²) in [6.45, 7) is 3.53. The Morgan fingerprint density at radius 3 is 2.73 bits per heavy atom. The number of hydrogen-bond acceptors (Lipinski definition) is 6. The Morgan fingerprint density at radius 1 is 1.20 bits per heavy atom. The molecule has 1 saturated heterocycles. The third kappa shape index (κ3) is 3.59. The zero-order chi connectivity index (χ0) is 20.9. The molecule has 158 valence electrons. The van der Waals surface area contributed by atoms with Crippen LogP contribution in [0.3, 0.4) is 0 Å². The number of aromatic nitrogens is 6. The van der Waals surface area contributed by atoms with Gasteiger partial charge in [0.15, 0.2) is 21.8 Å². The largest absolute Gasteiger partial charge is 0.304 e. The third-order valence-corrected chi connectivity index (χ3v) is 8.35. The van der Waals surface area contributed by atoms with Crippen LogP contribution >= 0.6 is 39.3 Å². The number of rotatable bonds is 7. The van der Waals surface area contributed by atoms with Crippen molar-refractivity contribution in [2.24, 2.45) is 20.0 Å². The Labute approximate surface area is 193 Å². The summed E-state index contributed by atoms with van der Waals surface area (Å²) in [4.78, 5) is 2.62. The van der Waals surface area contributed by atoms with Crippen molar-refractivity contribution in [2.45, 2.75) is 23.4 Å². The van der Waals surface area contributed by atoms with Crippen LogP contribution in [0, 0.1) is 5.92 Å². The summed E-state index contributed by atoms with van der Waals surface area (Å²) in [5.74, 6) is 2.48. The van der Waals surface area contributed by atoms with Gasteiger partial charge in [-0.05, 0) is 43.0 Å². The van der Waals surface area contributed by atoms with Gasteiger partial charge in [-0.25, -0.2) is 4.68 Å². The molecule has 1 aromatic carbocycles. The summed E-state index contributed by atoms with van der Waals surface area (Å²) >= 11 is 11.5. The van der Waals surface area contributed by atoms with Gasteiger partial charge in [0.25, 0.3) is 0 Å². The quantitative estimate of drug-likeness (QED) is 0.357. The summed E-state index contributed by atoms with van der Waals surface area (Å²) < 4.78 is 4.62. The summed E-state index contributed by atoms with van der Waals surface area (Å²) in [7, 11) is 3.70. The van der Waals surface area contributed by atoms with Crippen molar-refractivity contribution in [1.29, 1.82) is 0 Å². The fourth-order valence-corrected chi connectivity index (χ4v) is 5.82. The maximum Gasteiger partial charge on any atom is 0.191 e. The minimum Gasteiger partial charge on any atom is -0.304 e. The number of benzene rings is 1. The minimum absolute atomic E-state index is 0.405. The summed E-state index contributed by atoms with van der Waals surface area (Å²) in [6.07, 6.45) is 2.47. The fourth-order valence-electron chi connectivity index (χ4n) is 4.57. The van der Waals surface area contributed by atoms with E-state index >= 15 is 0 Å². The van der Waals surface area contributed by atoms with E-state index in [0.717, 1.165) is 34.3 Å². The van der Waals surface area contributed by atoms with Crippen molar-refractivity contribution in [1.82, 2.24) is 34.7 Å². The molecule has 2 fully saturated rings. The first-order valence-corrected chi connectivity index (χ1v) is 12.2. The van der Waals surface area contributed by atoms with Crippen LogP contribution < -0.4 is 0 Å². The van der Waals surface area contributed by atoms with Crippen molar-refractivity contribution in [3.8, 4) is 11.5 Å². The van der Waals surface area contributed by atoms with Gasteiger partial charge in [-0.3, -0.25) is 0 Å². The second-order valence-corrected chi connectivity index (χ2v) is 10.6. The maximum atomic E-state index is 6.24. The Kier molecular flexibility index (Phi) is 5.41. The highest BCUT2D eigenvalue weighted by atomic mass is 79.9. The standard InChI is InChI=1S/C20H23BrClN7S/c1-27-18(16-17(22)28(2)26-23-16)24-25-19(27)30-9-3-8-29-11-14-10-20(14,12-29)13-4-6-15(21)7-5-13/h4-7,14H,3,8-12H2,1-2H3/t14-,20?/m0/s1.